The number of nitrogens with zero attached hydrogens (tertiary/aromatic N) is 4. The van der Waals surface area contributed by atoms with Gasteiger partial charge in [0.05, 0.1) is 57.2 Å². The smallest absolute Gasteiger partial charge is 0.253 e. The molecule has 2 fully saturated rings. The molecule has 4 amide bonds. The van der Waals surface area contributed by atoms with Crippen molar-refractivity contribution < 1.29 is 29.0 Å². The first kappa shape index (κ1) is 40.2. The molecule has 0 spiro atoms. The molecule has 2 aliphatic heterocycles. The number of morpholine rings is 1. The van der Waals surface area contributed by atoms with E-state index in [1.54, 1.807) is 28.7 Å². The van der Waals surface area contributed by atoms with E-state index in [1.807, 2.05) is 76.5 Å². The molecule has 0 bridgehead atoms. The Bertz CT molecular complexity index is 1980. The fourth-order valence-corrected chi connectivity index (χ4v) is 8.82. The van der Waals surface area contributed by atoms with Gasteiger partial charge in [-0.1, -0.05) is 62.4 Å². The second-order valence-electron chi connectivity index (χ2n) is 15.3. The summed E-state index contributed by atoms with van der Waals surface area (Å²) < 4.78 is 6.40. The van der Waals surface area contributed by atoms with Gasteiger partial charge in [0.2, 0.25) is 17.7 Å². The summed E-state index contributed by atoms with van der Waals surface area (Å²) in [7, 11) is 0. The fraction of sp³-hybridized carbons (Fsp3) is 0.500. The zero-order valence-corrected chi connectivity index (χ0v) is 33.7. The molecule has 6 rings (SSSR count). The first-order valence-corrected chi connectivity index (χ1v) is 20.6. The van der Waals surface area contributed by atoms with Gasteiger partial charge in [-0.05, 0) is 55.4 Å². The Morgan fingerprint density at radius 3 is 2.47 bits per heavy atom. The molecule has 4 aromatic rings. The van der Waals surface area contributed by atoms with Crippen LogP contribution in [0.1, 0.15) is 81.0 Å². The summed E-state index contributed by atoms with van der Waals surface area (Å²) in [5.41, 5.74) is 5.27. The van der Waals surface area contributed by atoms with Gasteiger partial charge in [-0.15, -0.1) is 11.3 Å². The predicted molar refractivity (Wildman–Crippen MR) is 215 cm³/mol. The number of carbonyl (C=O) groups excluding carboxylic acids is 4. The number of aryl methyl sites for hydroxylation is 1. The molecule has 4 N–H and O–H groups in total. The highest BCUT2D eigenvalue weighted by Gasteiger charge is 2.44. The molecule has 294 valence electrons. The Morgan fingerprint density at radius 2 is 1.78 bits per heavy atom. The molecule has 13 nitrogen and oxygen atoms in total. The number of aliphatic hydroxyl groups excluding tert-OH is 1. The van der Waals surface area contributed by atoms with Gasteiger partial charge in [-0.2, -0.15) is 0 Å². The van der Waals surface area contributed by atoms with Crippen LogP contribution in [-0.4, -0.2) is 101 Å². The summed E-state index contributed by atoms with van der Waals surface area (Å²) >= 11 is 3.14. The van der Waals surface area contributed by atoms with Crippen LogP contribution in [0.25, 0.3) is 20.7 Å². The summed E-state index contributed by atoms with van der Waals surface area (Å²) in [6, 6.07) is 11.4. The SMILES string of the molecule is Cc1ncsc1-c1ccc([C@H](C)NC(=O)C2C[C@@H](O)CN2C(=O)[C@@H](NC(=O)CCCCNC(=O)c2cccc3sc(N4CCOCC4)nc23)C(C)(C)C)cc1. The molecule has 1 unspecified atom stereocenters. The van der Waals surface area contributed by atoms with E-state index in [4.69, 9.17) is 9.72 Å². The lowest BCUT2D eigenvalue weighted by atomic mass is 9.85. The number of β-amino-alcohol motifs (C(OH)–C–C–N with tert-alkyl or cyclic N) is 1. The number of aliphatic hydroxyl groups is 1. The summed E-state index contributed by atoms with van der Waals surface area (Å²) in [6.07, 6.45) is 0.460. The van der Waals surface area contributed by atoms with E-state index < -0.39 is 29.5 Å². The van der Waals surface area contributed by atoms with Crippen molar-refractivity contribution in [2.75, 3.05) is 44.3 Å². The van der Waals surface area contributed by atoms with Crippen LogP contribution in [0.2, 0.25) is 0 Å². The number of thiazole rings is 2. The standard InChI is InChI=1S/C40H51N7O6S2/c1-24(26-12-14-27(15-13-26)34-25(2)42-23-54-34)43-37(51)30-21-28(48)22-47(30)38(52)35(40(3,4)5)44-32(49)11-6-7-16-41-36(50)29-9-8-10-31-33(29)45-39(55-31)46-17-19-53-20-18-46/h8-10,12-15,23-24,28,30,35,48H,6-7,11,16-22H2,1-5H3,(H,41,50)(H,43,51)(H,44,49)/t24-,28+,30?,35+/m0/s1. The molecule has 55 heavy (non-hydrogen) atoms. The van der Waals surface area contributed by atoms with Crippen molar-refractivity contribution in [3.63, 3.8) is 0 Å². The second-order valence-corrected chi connectivity index (χ2v) is 17.2. The topological polar surface area (TPSA) is 166 Å². The van der Waals surface area contributed by atoms with E-state index in [9.17, 15) is 24.3 Å². The van der Waals surface area contributed by atoms with E-state index in [1.165, 1.54) is 4.90 Å². The van der Waals surface area contributed by atoms with Gasteiger partial charge in [-0.3, -0.25) is 19.2 Å². The van der Waals surface area contributed by atoms with Crippen molar-refractivity contribution in [1.29, 1.82) is 0 Å². The van der Waals surface area contributed by atoms with Gasteiger partial charge in [0, 0.05) is 39.0 Å². The van der Waals surface area contributed by atoms with Crippen LogP contribution in [-0.2, 0) is 19.1 Å². The molecular formula is C40H51N7O6S2. The minimum absolute atomic E-state index is 0.000500. The highest BCUT2D eigenvalue weighted by Crippen LogP contribution is 2.32. The number of hydrogen-bond donors (Lipinski definition) is 4. The molecular weight excluding hydrogens is 739 g/mol. The minimum Gasteiger partial charge on any atom is -0.391 e. The molecule has 2 aromatic heterocycles. The van der Waals surface area contributed by atoms with E-state index in [-0.39, 0.29) is 43.1 Å². The lowest BCUT2D eigenvalue weighted by molar-refractivity contribution is -0.144. The minimum atomic E-state index is -0.915. The number of unbranched alkanes of at least 4 members (excludes halogenated alkanes) is 1. The third-order valence-corrected chi connectivity index (χ3v) is 12.2. The number of ether oxygens (including phenoxy) is 1. The normalized spacial score (nSPS) is 18.6. The molecule has 15 heteroatoms. The Morgan fingerprint density at radius 1 is 1.04 bits per heavy atom. The fourth-order valence-electron chi connectivity index (χ4n) is 6.97. The summed E-state index contributed by atoms with van der Waals surface area (Å²) in [6.45, 7) is 12.7. The van der Waals surface area contributed by atoms with Crippen LogP contribution >= 0.6 is 22.7 Å². The van der Waals surface area contributed by atoms with Crippen LogP contribution in [0, 0.1) is 12.3 Å². The first-order chi connectivity index (χ1) is 26.3. The van der Waals surface area contributed by atoms with Crippen LogP contribution in [0.3, 0.4) is 0 Å². The van der Waals surface area contributed by atoms with Gasteiger partial charge in [-0.25, -0.2) is 9.97 Å². The van der Waals surface area contributed by atoms with Crippen LogP contribution in [0.4, 0.5) is 5.13 Å². The third-order valence-electron chi connectivity index (χ3n) is 10.1. The van der Waals surface area contributed by atoms with Crippen molar-refractivity contribution in [3.05, 3.63) is 64.8 Å². The average Bonchev–Trinajstić information content (AvgIpc) is 3.91. The third kappa shape index (κ3) is 9.69. The number of rotatable bonds is 13. The number of para-hydroxylation sites is 1. The quantitative estimate of drug-likeness (QED) is 0.139. The van der Waals surface area contributed by atoms with Gasteiger partial charge in [0.1, 0.15) is 12.1 Å². The van der Waals surface area contributed by atoms with Crippen molar-refractivity contribution in [2.45, 2.75) is 84.5 Å². The van der Waals surface area contributed by atoms with Gasteiger partial charge in [0.15, 0.2) is 5.13 Å². The summed E-state index contributed by atoms with van der Waals surface area (Å²) in [5, 5.41) is 20.4. The van der Waals surface area contributed by atoms with Gasteiger partial charge in [0.25, 0.3) is 5.91 Å². The Hall–Kier alpha value is -4.44. The molecule has 2 saturated heterocycles. The van der Waals surface area contributed by atoms with E-state index in [2.05, 4.69) is 25.8 Å². The zero-order valence-electron chi connectivity index (χ0n) is 32.1. The monoisotopic (exact) mass is 789 g/mol. The summed E-state index contributed by atoms with van der Waals surface area (Å²) in [5.74, 6) is -1.28. The van der Waals surface area contributed by atoms with E-state index in [0.29, 0.717) is 43.7 Å². The molecule has 4 heterocycles. The number of amides is 4. The highest BCUT2D eigenvalue weighted by atomic mass is 32.1. The van der Waals surface area contributed by atoms with Crippen LogP contribution < -0.4 is 20.9 Å². The number of benzene rings is 2. The van der Waals surface area contributed by atoms with Crippen molar-refractivity contribution >= 4 is 61.7 Å². The molecule has 2 aromatic carbocycles. The first-order valence-electron chi connectivity index (χ1n) is 18.9. The Labute approximate surface area is 329 Å². The van der Waals surface area contributed by atoms with Gasteiger partial charge >= 0.3 is 0 Å². The Kier molecular flexibility index (Phi) is 12.9. The van der Waals surface area contributed by atoms with Crippen molar-refractivity contribution in [1.82, 2.24) is 30.8 Å². The van der Waals surface area contributed by atoms with Crippen molar-refractivity contribution in [2.24, 2.45) is 5.41 Å². The van der Waals surface area contributed by atoms with Gasteiger partial charge < -0.3 is 35.6 Å². The lowest BCUT2D eigenvalue weighted by Gasteiger charge is -2.35. The predicted octanol–water partition coefficient (Wildman–Crippen LogP) is 4.84. The van der Waals surface area contributed by atoms with E-state index in [0.717, 1.165) is 44.6 Å². The molecule has 2 aliphatic rings. The number of nitrogens with one attached hydrogen (secondary N) is 3. The average molecular weight is 790 g/mol. The lowest BCUT2D eigenvalue weighted by Crippen LogP contribution is -2.57. The molecule has 0 aliphatic carbocycles. The molecule has 0 saturated carbocycles. The summed E-state index contributed by atoms with van der Waals surface area (Å²) in [4.78, 5) is 67.8. The maximum Gasteiger partial charge on any atom is 0.253 e. The number of aromatic nitrogens is 2. The maximum atomic E-state index is 14.0. The van der Waals surface area contributed by atoms with Crippen LogP contribution in [0.15, 0.2) is 48.0 Å². The zero-order chi connectivity index (χ0) is 39.3. The number of likely N-dealkylation sites (tertiary alicyclic amines) is 1. The largest absolute Gasteiger partial charge is 0.391 e. The van der Waals surface area contributed by atoms with Crippen molar-refractivity contribution in [3.8, 4) is 10.4 Å². The number of anilines is 1. The van der Waals surface area contributed by atoms with Crippen LogP contribution in [0.5, 0.6) is 0 Å². The molecule has 4 atom stereocenters. The maximum absolute atomic E-state index is 14.0. The number of fused-ring (bicyclic) bond motifs is 1. The second kappa shape index (κ2) is 17.6. The molecule has 0 radical (unpaired) electrons. The number of carbonyl (C=O) groups is 4. The number of hydrogen-bond acceptors (Lipinski definition) is 11. The van der Waals surface area contributed by atoms with E-state index >= 15 is 0 Å². The Balaban J connectivity index is 0.994. The highest BCUT2D eigenvalue weighted by molar-refractivity contribution is 7.22.